The molecule has 8 nitrogen and oxygen atoms in total. The van der Waals surface area contributed by atoms with Crippen molar-refractivity contribution in [2.45, 2.75) is 51.7 Å². The van der Waals surface area contributed by atoms with Crippen LogP contribution in [0.15, 0.2) is 18.2 Å². The lowest BCUT2D eigenvalue weighted by Gasteiger charge is -2.36. The topological polar surface area (TPSA) is 109 Å². The first-order valence-electron chi connectivity index (χ1n) is 11.0. The number of nitrogens with one attached hydrogen (secondary N) is 2. The maximum Gasteiger partial charge on any atom is 0.222 e. The molecule has 8 heteroatoms. The fraction of sp³-hybridized carbons (Fsp3) is 0.565. The molecule has 0 spiro atoms. The molecule has 1 aliphatic rings. The van der Waals surface area contributed by atoms with E-state index in [2.05, 4.69) is 57.7 Å². The van der Waals surface area contributed by atoms with E-state index in [1.165, 1.54) is 5.56 Å². The summed E-state index contributed by atoms with van der Waals surface area (Å²) in [6.07, 6.45) is 2.43. The van der Waals surface area contributed by atoms with Crippen LogP contribution < -0.4 is 21.1 Å². The second kappa shape index (κ2) is 10.7. The number of hydrogen-bond acceptors (Lipinski definition) is 8. The first-order valence-corrected chi connectivity index (χ1v) is 11.0. The maximum absolute atomic E-state index is 9.71. The quantitative estimate of drug-likeness (QED) is 0.430. The minimum atomic E-state index is -0.0710. The molecule has 1 aromatic carbocycles. The number of aromatic nitrogens is 2. The summed E-state index contributed by atoms with van der Waals surface area (Å²) in [7, 11) is 3.83. The van der Waals surface area contributed by atoms with Crippen molar-refractivity contribution in [2.24, 2.45) is 0 Å². The number of methoxy groups -OCH3 is 1. The molecule has 3 rings (SSSR count). The van der Waals surface area contributed by atoms with Gasteiger partial charge in [0.05, 0.1) is 19.8 Å². The molecular formula is C23H36N6O2. The largest absolute Gasteiger partial charge is 0.496 e. The zero-order valence-corrected chi connectivity index (χ0v) is 19.1. The van der Waals surface area contributed by atoms with Gasteiger partial charge in [-0.2, -0.15) is 4.98 Å². The summed E-state index contributed by atoms with van der Waals surface area (Å²) in [4.78, 5) is 11.1. The lowest BCUT2D eigenvalue weighted by Crippen LogP contribution is -2.55. The van der Waals surface area contributed by atoms with E-state index in [0.29, 0.717) is 18.3 Å². The number of nitrogens with zero attached hydrogens (tertiary/aromatic N) is 3. The second-order valence-electron chi connectivity index (χ2n) is 8.43. The molecule has 1 aliphatic heterocycles. The van der Waals surface area contributed by atoms with Crippen LogP contribution in [-0.2, 0) is 13.0 Å². The standard InChI is InChI=1S/C23H36N6O2/c1-5-6-18(14-30)27-22-20(15(2)26-23(24)28-22)10-17-8-7-16(9-21(17)31-4)11-25-19-12-29(3)13-19/h7-9,18-19,25,30H,5-6,10-14H2,1-4H3,(H3,24,26,27,28)/t18-/m0/s1. The Kier molecular flexibility index (Phi) is 8.06. The van der Waals surface area contributed by atoms with Gasteiger partial charge in [-0.1, -0.05) is 25.5 Å². The Hall–Kier alpha value is -2.42. The van der Waals surface area contributed by atoms with Crippen LogP contribution in [0.4, 0.5) is 11.8 Å². The number of nitrogen functional groups attached to an aromatic ring is 1. The summed E-state index contributed by atoms with van der Waals surface area (Å²) in [5, 5.41) is 16.7. The summed E-state index contributed by atoms with van der Waals surface area (Å²) in [6, 6.07) is 6.83. The third kappa shape index (κ3) is 6.06. The molecule has 1 fully saturated rings. The van der Waals surface area contributed by atoms with E-state index in [1.807, 2.05) is 6.92 Å². The monoisotopic (exact) mass is 428 g/mol. The van der Waals surface area contributed by atoms with Crippen LogP contribution in [0.1, 0.15) is 42.1 Å². The predicted molar refractivity (Wildman–Crippen MR) is 125 cm³/mol. The van der Waals surface area contributed by atoms with Gasteiger partial charge in [0.25, 0.3) is 0 Å². The molecular weight excluding hydrogens is 392 g/mol. The van der Waals surface area contributed by atoms with E-state index in [4.69, 9.17) is 10.5 Å². The molecule has 2 heterocycles. The van der Waals surface area contributed by atoms with E-state index in [0.717, 1.165) is 55.0 Å². The maximum atomic E-state index is 9.71. The molecule has 170 valence electrons. The molecule has 0 unspecified atom stereocenters. The molecule has 1 atom stereocenters. The van der Waals surface area contributed by atoms with Crippen molar-refractivity contribution in [3.8, 4) is 5.75 Å². The fourth-order valence-electron chi connectivity index (χ4n) is 4.03. The van der Waals surface area contributed by atoms with Crippen LogP contribution in [0.25, 0.3) is 0 Å². The van der Waals surface area contributed by atoms with Crippen LogP contribution in [-0.4, -0.2) is 65.9 Å². The van der Waals surface area contributed by atoms with E-state index < -0.39 is 0 Å². The number of hydrogen-bond donors (Lipinski definition) is 4. The summed E-state index contributed by atoms with van der Waals surface area (Å²) >= 11 is 0. The van der Waals surface area contributed by atoms with Gasteiger partial charge in [0.15, 0.2) is 0 Å². The normalized spacial score (nSPS) is 15.5. The number of aliphatic hydroxyl groups is 1. The molecule has 0 saturated carbocycles. The molecule has 0 bridgehead atoms. The van der Waals surface area contributed by atoms with Crippen molar-refractivity contribution in [3.63, 3.8) is 0 Å². The molecule has 0 radical (unpaired) electrons. The second-order valence-corrected chi connectivity index (χ2v) is 8.43. The number of aliphatic hydroxyl groups excluding tert-OH is 1. The zero-order valence-electron chi connectivity index (χ0n) is 19.1. The molecule has 2 aromatic rings. The molecule has 0 amide bonds. The van der Waals surface area contributed by atoms with Crippen LogP contribution in [0.3, 0.4) is 0 Å². The van der Waals surface area contributed by atoms with E-state index >= 15 is 0 Å². The lowest BCUT2D eigenvalue weighted by molar-refractivity contribution is 0.161. The third-order valence-corrected chi connectivity index (χ3v) is 5.81. The fourth-order valence-corrected chi connectivity index (χ4v) is 4.03. The van der Waals surface area contributed by atoms with E-state index in [1.54, 1.807) is 7.11 Å². The number of nitrogens with two attached hydrogens (primary N) is 1. The Bertz CT molecular complexity index is 869. The number of benzene rings is 1. The van der Waals surface area contributed by atoms with Crippen LogP contribution >= 0.6 is 0 Å². The Morgan fingerprint density at radius 2 is 2.10 bits per heavy atom. The summed E-state index contributed by atoms with van der Waals surface area (Å²) in [6.45, 7) is 7.07. The van der Waals surface area contributed by atoms with Gasteiger partial charge >= 0.3 is 0 Å². The lowest BCUT2D eigenvalue weighted by atomic mass is 10.0. The molecule has 0 aliphatic carbocycles. The van der Waals surface area contributed by atoms with Gasteiger partial charge in [-0.05, 0) is 37.6 Å². The van der Waals surface area contributed by atoms with Gasteiger partial charge < -0.3 is 31.1 Å². The van der Waals surface area contributed by atoms with Crippen molar-refractivity contribution >= 4 is 11.8 Å². The highest BCUT2D eigenvalue weighted by atomic mass is 16.5. The minimum absolute atomic E-state index is 0.0397. The Labute approximate surface area is 185 Å². The number of ether oxygens (including phenoxy) is 1. The molecule has 5 N–H and O–H groups in total. The Morgan fingerprint density at radius 3 is 2.74 bits per heavy atom. The van der Waals surface area contributed by atoms with Gasteiger partial charge in [0.1, 0.15) is 11.6 Å². The average molecular weight is 429 g/mol. The minimum Gasteiger partial charge on any atom is -0.496 e. The molecule has 31 heavy (non-hydrogen) atoms. The van der Waals surface area contributed by atoms with Gasteiger partial charge in [0.2, 0.25) is 5.95 Å². The van der Waals surface area contributed by atoms with E-state index in [-0.39, 0.29) is 18.6 Å². The van der Waals surface area contributed by atoms with Crippen LogP contribution in [0.5, 0.6) is 5.75 Å². The first-order chi connectivity index (χ1) is 14.9. The van der Waals surface area contributed by atoms with Crippen molar-refractivity contribution in [2.75, 3.05) is 44.9 Å². The average Bonchev–Trinajstić information content (AvgIpc) is 2.72. The van der Waals surface area contributed by atoms with Gasteiger partial charge in [0, 0.05) is 43.4 Å². The van der Waals surface area contributed by atoms with Gasteiger partial charge in [-0.25, -0.2) is 4.98 Å². The summed E-state index contributed by atoms with van der Waals surface area (Å²) in [5.74, 6) is 1.76. The van der Waals surface area contributed by atoms with Crippen molar-refractivity contribution in [1.29, 1.82) is 0 Å². The zero-order chi connectivity index (χ0) is 22.4. The SMILES string of the molecule is CCC[C@@H](CO)Nc1nc(N)nc(C)c1Cc1ccc(CNC2CN(C)C2)cc1OC. The number of rotatable bonds is 11. The highest BCUT2D eigenvalue weighted by Gasteiger charge is 2.22. The number of aryl methyl sites for hydroxylation is 1. The van der Waals surface area contributed by atoms with Crippen LogP contribution in [0, 0.1) is 6.92 Å². The first kappa shape index (κ1) is 23.2. The predicted octanol–water partition coefficient (Wildman–Crippen LogP) is 1.94. The van der Waals surface area contributed by atoms with Gasteiger partial charge in [-0.15, -0.1) is 0 Å². The third-order valence-electron chi connectivity index (χ3n) is 5.81. The molecule has 1 aromatic heterocycles. The Balaban J connectivity index is 1.79. The van der Waals surface area contributed by atoms with Crippen molar-refractivity contribution in [1.82, 2.24) is 20.2 Å². The highest BCUT2D eigenvalue weighted by Crippen LogP contribution is 2.28. The summed E-state index contributed by atoms with van der Waals surface area (Å²) < 4.78 is 5.70. The van der Waals surface area contributed by atoms with Crippen LogP contribution in [0.2, 0.25) is 0 Å². The van der Waals surface area contributed by atoms with Gasteiger partial charge in [-0.3, -0.25) is 0 Å². The number of likely N-dealkylation sites (tertiary alicyclic amines) is 1. The Morgan fingerprint density at radius 1 is 1.32 bits per heavy atom. The smallest absolute Gasteiger partial charge is 0.222 e. The van der Waals surface area contributed by atoms with Crippen molar-refractivity contribution < 1.29 is 9.84 Å². The highest BCUT2D eigenvalue weighted by molar-refractivity contribution is 5.53. The molecule has 1 saturated heterocycles. The number of likely N-dealkylation sites (N-methyl/N-ethyl adjacent to an activating group) is 1. The summed E-state index contributed by atoms with van der Waals surface area (Å²) in [5.41, 5.74) is 9.96. The van der Waals surface area contributed by atoms with E-state index in [9.17, 15) is 5.11 Å². The number of anilines is 2. The van der Waals surface area contributed by atoms with Crippen molar-refractivity contribution in [3.05, 3.63) is 40.6 Å².